The van der Waals surface area contributed by atoms with E-state index in [9.17, 15) is 4.79 Å². The number of aromatic amines is 1. The van der Waals surface area contributed by atoms with Crippen molar-refractivity contribution in [2.24, 2.45) is 5.73 Å². The van der Waals surface area contributed by atoms with Crippen molar-refractivity contribution < 1.29 is 4.79 Å². The van der Waals surface area contributed by atoms with E-state index in [1.165, 1.54) is 31.2 Å². The van der Waals surface area contributed by atoms with E-state index >= 15 is 0 Å². The van der Waals surface area contributed by atoms with Crippen LogP contribution in [0, 0.1) is 5.41 Å². The van der Waals surface area contributed by atoms with Gasteiger partial charge in [-0.15, -0.1) is 0 Å². The third-order valence-electron chi connectivity index (χ3n) is 7.17. The normalized spacial score (nSPS) is 23.9. The smallest absolute Gasteiger partial charge is 0.236 e. The number of amides is 1. The average molecular weight is 437 g/mol. The van der Waals surface area contributed by atoms with Gasteiger partial charge in [-0.05, 0) is 64.1 Å². The lowest BCUT2D eigenvalue weighted by molar-refractivity contribution is -0.120. The lowest BCUT2D eigenvalue weighted by Gasteiger charge is -2.39. The van der Waals surface area contributed by atoms with Crippen LogP contribution in [-0.4, -0.2) is 51.8 Å². The summed E-state index contributed by atoms with van der Waals surface area (Å²) in [5.41, 5.74) is 8.48. The third-order valence-corrected chi connectivity index (χ3v) is 7.17. The fourth-order valence-corrected chi connectivity index (χ4v) is 5.34. The number of H-pyrrole nitrogens is 1. The van der Waals surface area contributed by atoms with E-state index in [1.807, 2.05) is 17.0 Å². The second-order valence-corrected chi connectivity index (χ2v) is 9.40. The molecular weight excluding hydrogens is 400 g/mol. The predicted octanol–water partition coefficient (Wildman–Crippen LogP) is 3.80. The number of carbonyl (C=O) groups is 1. The second kappa shape index (κ2) is 9.86. The van der Waals surface area contributed by atoms with Crippen LogP contribution in [0.15, 0.2) is 30.5 Å². The van der Waals surface area contributed by atoms with Crippen molar-refractivity contribution >= 4 is 17.4 Å². The van der Waals surface area contributed by atoms with E-state index in [2.05, 4.69) is 40.8 Å². The van der Waals surface area contributed by atoms with Gasteiger partial charge in [0.2, 0.25) is 5.91 Å². The monoisotopic (exact) mass is 436 g/mol. The number of hydrogen-bond donors (Lipinski definition) is 3. The van der Waals surface area contributed by atoms with Crippen LogP contribution < -0.4 is 10.6 Å². The Morgan fingerprint density at radius 2 is 1.88 bits per heavy atom. The molecule has 1 aromatic carbocycles. The van der Waals surface area contributed by atoms with Crippen LogP contribution in [-0.2, 0) is 11.2 Å². The molecule has 1 unspecified atom stereocenters. The van der Waals surface area contributed by atoms with Crippen LogP contribution in [0.3, 0.4) is 0 Å². The molecule has 3 heterocycles. The highest BCUT2D eigenvalue weighted by Gasteiger charge is 2.34. The number of nitrogens with one attached hydrogen (secondary N) is 2. The fourth-order valence-electron chi connectivity index (χ4n) is 5.34. The van der Waals surface area contributed by atoms with Crippen molar-refractivity contribution in [3.05, 3.63) is 47.5 Å². The van der Waals surface area contributed by atoms with Gasteiger partial charge in [-0.1, -0.05) is 31.0 Å². The van der Waals surface area contributed by atoms with Crippen LogP contribution in [0.1, 0.15) is 75.4 Å². The highest BCUT2D eigenvalue weighted by atomic mass is 16.2. The lowest BCUT2D eigenvalue weighted by Crippen LogP contribution is -2.44. The van der Waals surface area contributed by atoms with Gasteiger partial charge in [-0.2, -0.15) is 0 Å². The molecule has 3 atom stereocenters. The van der Waals surface area contributed by atoms with Crippen molar-refractivity contribution in [3.8, 4) is 0 Å². The molecule has 1 aromatic heterocycles. The summed E-state index contributed by atoms with van der Waals surface area (Å²) in [6.07, 6.45) is 9.52. The number of rotatable bonds is 8. The van der Waals surface area contributed by atoms with Gasteiger partial charge in [0, 0.05) is 36.2 Å². The van der Waals surface area contributed by atoms with E-state index in [0.717, 1.165) is 37.3 Å². The Kier molecular flexibility index (Phi) is 6.94. The summed E-state index contributed by atoms with van der Waals surface area (Å²) in [6, 6.07) is 9.55. The van der Waals surface area contributed by atoms with Gasteiger partial charge in [0.25, 0.3) is 0 Å². The summed E-state index contributed by atoms with van der Waals surface area (Å²) in [5.74, 6) is -0.0187. The molecule has 1 fully saturated rings. The summed E-state index contributed by atoms with van der Waals surface area (Å²) in [4.78, 5) is 25.3. The van der Waals surface area contributed by atoms with Gasteiger partial charge in [0.15, 0.2) is 11.7 Å². The number of likely N-dealkylation sites (tertiary alicyclic amines) is 1. The van der Waals surface area contributed by atoms with Gasteiger partial charge >= 0.3 is 0 Å². The van der Waals surface area contributed by atoms with Crippen LogP contribution in [0.5, 0.6) is 0 Å². The first-order chi connectivity index (χ1) is 15.5. The molecule has 0 radical (unpaired) electrons. The zero-order valence-corrected chi connectivity index (χ0v) is 19.3. The van der Waals surface area contributed by atoms with E-state index in [4.69, 9.17) is 11.1 Å². The molecular formula is C25H36N6O. The lowest BCUT2D eigenvalue weighted by atomic mass is 9.89. The number of hydrogen-bond acceptors (Lipinski definition) is 4. The van der Waals surface area contributed by atoms with E-state index in [0.29, 0.717) is 24.3 Å². The zero-order valence-electron chi connectivity index (χ0n) is 19.3. The summed E-state index contributed by atoms with van der Waals surface area (Å²) < 4.78 is 0. The number of nitrogens with zero attached hydrogens (tertiary/aromatic N) is 3. The number of unbranched alkanes of at least 4 members (excludes halogenated alkanes) is 2. The van der Waals surface area contributed by atoms with Crippen molar-refractivity contribution in [3.63, 3.8) is 0 Å². The number of amidine groups is 1. The molecule has 0 bridgehead atoms. The largest absolute Gasteiger partial charge is 0.381 e. The molecule has 4 rings (SSSR count). The number of fused-ring (bicyclic) bond motifs is 1. The number of piperidine rings is 1. The van der Waals surface area contributed by atoms with Crippen molar-refractivity contribution in [1.29, 1.82) is 5.41 Å². The van der Waals surface area contributed by atoms with Crippen LogP contribution in [0.25, 0.3) is 0 Å². The maximum Gasteiger partial charge on any atom is 0.236 e. The van der Waals surface area contributed by atoms with E-state index in [-0.39, 0.29) is 17.7 Å². The van der Waals surface area contributed by atoms with Gasteiger partial charge in [-0.3, -0.25) is 15.1 Å². The van der Waals surface area contributed by atoms with Crippen molar-refractivity contribution in [2.45, 2.75) is 76.8 Å². The molecule has 2 aromatic rings. The predicted molar refractivity (Wildman–Crippen MR) is 128 cm³/mol. The molecule has 0 saturated carbocycles. The summed E-state index contributed by atoms with van der Waals surface area (Å²) >= 11 is 0. The van der Waals surface area contributed by atoms with Crippen LogP contribution >= 0.6 is 0 Å². The highest BCUT2D eigenvalue weighted by Crippen LogP contribution is 2.35. The summed E-state index contributed by atoms with van der Waals surface area (Å²) in [6.45, 7) is 6.58. The zero-order chi connectivity index (χ0) is 22.7. The van der Waals surface area contributed by atoms with Crippen LogP contribution in [0.4, 0.5) is 5.69 Å². The number of para-hydroxylation sites is 1. The van der Waals surface area contributed by atoms with Gasteiger partial charge in [-0.25, -0.2) is 4.98 Å². The Morgan fingerprint density at radius 3 is 2.59 bits per heavy atom. The molecule has 172 valence electrons. The highest BCUT2D eigenvalue weighted by molar-refractivity contribution is 6.01. The van der Waals surface area contributed by atoms with Crippen LogP contribution in [0.2, 0.25) is 0 Å². The minimum atomic E-state index is -0.319. The molecule has 4 N–H and O–H groups in total. The number of aromatic nitrogens is 2. The maximum atomic E-state index is 13.4. The number of anilines is 1. The maximum absolute atomic E-state index is 13.4. The van der Waals surface area contributed by atoms with Crippen molar-refractivity contribution in [1.82, 2.24) is 14.9 Å². The number of nitrogen functional groups attached to an aromatic ring is 1. The molecule has 2 aliphatic heterocycles. The SMILES string of the molecule is C[C@@H]1CCC[C@H](C)N1CCCCCN1C(=O)C(c2cnc(C(=N)N)[nH]2)Cc2ccccc21. The molecule has 7 heteroatoms. The molecule has 32 heavy (non-hydrogen) atoms. The Hall–Kier alpha value is -2.67. The first-order valence-corrected chi connectivity index (χ1v) is 12.0. The van der Waals surface area contributed by atoms with Gasteiger partial charge < -0.3 is 15.6 Å². The Labute approximate surface area is 190 Å². The number of benzene rings is 1. The molecule has 0 spiro atoms. The number of carbonyl (C=O) groups excluding carboxylic acids is 1. The molecule has 7 nitrogen and oxygen atoms in total. The topological polar surface area (TPSA) is 102 Å². The van der Waals surface area contributed by atoms with Crippen molar-refractivity contribution in [2.75, 3.05) is 18.0 Å². The molecule has 1 amide bonds. The standard InChI is InChI=1S/C25H36N6O/c1-17-9-8-10-18(2)30(17)13-6-3-7-14-31-22-12-5-4-11-19(22)15-20(25(31)32)21-16-28-24(29-21)23(26)27/h4-5,11-12,16-18,20H,3,6-10,13-15H2,1-2H3,(H3,26,27)(H,28,29)/t17-,18+,20?. The second-order valence-electron chi connectivity index (χ2n) is 9.40. The number of nitrogens with two attached hydrogens (primary N) is 1. The van der Waals surface area contributed by atoms with E-state index < -0.39 is 0 Å². The summed E-state index contributed by atoms with van der Waals surface area (Å²) in [7, 11) is 0. The van der Waals surface area contributed by atoms with E-state index in [1.54, 1.807) is 6.20 Å². The Bertz CT molecular complexity index is 943. The minimum absolute atomic E-state index is 0.0979. The quantitative estimate of drug-likeness (QED) is 0.333. The Balaban J connectivity index is 1.39. The Morgan fingerprint density at radius 1 is 1.16 bits per heavy atom. The number of imidazole rings is 1. The third kappa shape index (κ3) is 4.72. The molecule has 1 saturated heterocycles. The first kappa shape index (κ1) is 22.5. The first-order valence-electron chi connectivity index (χ1n) is 12.0. The fraction of sp³-hybridized carbons (Fsp3) is 0.560. The molecule has 2 aliphatic rings. The average Bonchev–Trinajstić information content (AvgIpc) is 3.27. The summed E-state index contributed by atoms with van der Waals surface area (Å²) in [5, 5.41) is 7.58. The molecule has 0 aliphatic carbocycles. The van der Waals surface area contributed by atoms with Gasteiger partial charge in [0.1, 0.15) is 0 Å². The van der Waals surface area contributed by atoms with Gasteiger partial charge in [0.05, 0.1) is 5.92 Å². The minimum Gasteiger partial charge on any atom is -0.381 e.